The van der Waals surface area contributed by atoms with E-state index in [4.69, 9.17) is 25.8 Å². The number of benzene rings is 1. The highest BCUT2D eigenvalue weighted by molar-refractivity contribution is 7.88. The summed E-state index contributed by atoms with van der Waals surface area (Å²) in [5.74, 6) is -0.513. The standard InChI is InChI=1S/C18H19ClO6S/c1-5-26(22)10-6-9(2)18(13(20)7-10)17(21)14-11(23-3)8-12(24-4)15(19)16(14)25-18/h7-9H,5-6H2,1-4H3/t9-,18+,26?/m1/s1. The quantitative estimate of drug-likeness (QED) is 0.725. The lowest BCUT2D eigenvalue weighted by atomic mass is 9.75. The molecule has 6 nitrogen and oxygen atoms in total. The van der Waals surface area contributed by atoms with Gasteiger partial charge in [0.05, 0.1) is 14.2 Å². The molecule has 0 bridgehead atoms. The molecule has 1 spiro atoms. The Balaban J connectivity index is 2.16. The summed E-state index contributed by atoms with van der Waals surface area (Å²) in [6.45, 7) is 3.51. The van der Waals surface area contributed by atoms with Gasteiger partial charge in [0.15, 0.2) is 5.75 Å². The Kier molecular flexibility index (Phi) is 4.88. The maximum atomic E-state index is 13.2. The van der Waals surface area contributed by atoms with Crippen LogP contribution in [0, 0.1) is 5.92 Å². The predicted molar refractivity (Wildman–Crippen MR) is 97.8 cm³/mol. The second kappa shape index (κ2) is 6.70. The fourth-order valence-electron chi connectivity index (χ4n) is 3.43. The summed E-state index contributed by atoms with van der Waals surface area (Å²) in [7, 11) is 1.60. The maximum absolute atomic E-state index is 13.2. The molecule has 1 aromatic rings. The van der Waals surface area contributed by atoms with Crippen LogP contribution in [-0.4, -0.2) is 41.3 Å². The van der Waals surface area contributed by atoms with Crippen LogP contribution in [-0.2, 0) is 15.6 Å². The van der Waals surface area contributed by atoms with E-state index in [1.54, 1.807) is 13.8 Å². The van der Waals surface area contributed by atoms with Crippen molar-refractivity contribution in [1.82, 2.24) is 0 Å². The number of halogens is 1. The molecular weight excluding hydrogens is 380 g/mol. The number of methoxy groups -OCH3 is 2. The Bertz CT molecular complexity index is 862. The van der Waals surface area contributed by atoms with E-state index in [2.05, 4.69) is 0 Å². The van der Waals surface area contributed by atoms with Gasteiger partial charge in [0.1, 0.15) is 22.1 Å². The van der Waals surface area contributed by atoms with Crippen molar-refractivity contribution in [3.63, 3.8) is 0 Å². The number of fused-ring (bicyclic) bond motifs is 1. The number of allylic oxidation sites excluding steroid dienone is 1. The topological polar surface area (TPSA) is 78.9 Å². The van der Waals surface area contributed by atoms with Crippen LogP contribution >= 0.6 is 11.6 Å². The third-order valence-corrected chi connectivity index (χ3v) is 6.58. The van der Waals surface area contributed by atoms with Crippen LogP contribution in [0.4, 0.5) is 0 Å². The Morgan fingerprint density at radius 2 is 1.96 bits per heavy atom. The summed E-state index contributed by atoms with van der Waals surface area (Å²) < 4.78 is 28.5. The summed E-state index contributed by atoms with van der Waals surface area (Å²) >= 11 is 6.31. The van der Waals surface area contributed by atoms with E-state index in [-0.39, 0.29) is 27.8 Å². The zero-order chi connectivity index (χ0) is 19.2. The molecule has 0 saturated heterocycles. The molecular formula is C18H19ClO6S. The van der Waals surface area contributed by atoms with E-state index >= 15 is 0 Å². The van der Waals surface area contributed by atoms with Crippen LogP contribution in [0.5, 0.6) is 17.2 Å². The van der Waals surface area contributed by atoms with Gasteiger partial charge in [-0.3, -0.25) is 13.8 Å². The maximum Gasteiger partial charge on any atom is 0.236 e. The lowest BCUT2D eigenvalue weighted by Gasteiger charge is -2.34. The molecule has 3 atom stereocenters. The van der Waals surface area contributed by atoms with Crippen LogP contribution in [0.25, 0.3) is 0 Å². The van der Waals surface area contributed by atoms with Gasteiger partial charge in [0.2, 0.25) is 17.2 Å². The van der Waals surface area contributed by atoms with Crippen molar-refractivity contribution in [2.75, 3.05) is 20.0 Å². The molecule has 0 aromatic heterocycles. The molecule has 1 aliphatic carbocycles. The van der Waals surface area contributed by atoms with E-state index < -0.39 is 33.9 Å². The number of ether oxygens (including phenoxy) is 3. The van der Waals surface area contributed by atoms with Gasteiger partial charge in [-0.1, -0.05) is 25.4 Å². The number of carbonyl (C=O) groups is 2. The Hall–Kier alpha value is -1.86. The first-order valence-corrected chi connectivity index (χ1v) is 9.83. The van der Waals surface area contributed by atoms with Gasteiger partial charge in [-0.15, -0.1) is 0 Å². The van der Waals surface area contributed by atoms with Crippen molar-refractivity contribution < 1.29 is 28.0 Å². The third-order valence-electron chi connectivity index (χ3n) is 4.83. The predicted octanol–water partition coefficient (Wildman–Crippen LogP) is 2.93. The average Bonchev–Trinajstić information content (AvgIpc) is 2.95. The van der Waals surface area contributed by atoms with Crippen LogP contribution in [0.2, 0.25) is 5.02 Å². The summed E-state index contributed by atoms with van der Waals surface area (Å²) in [4.78, 5) is 26.7. The van der Waals surface area contributed by atoms with Crippen molar-refractivity contribution >= 4 is 34.0 Å². The van der Waals surface area contributed by atoms with E-state index in [0.29, 0.717) is 17.1 Å². The first-order valence-electron chi connectivity index (χ1n) is 8.13. The molecule has 0 amide bonds. The minimum absolute atomic E-state index is 0.0848. The fraction of sp³-hybridized carbons (Fsp3) is 0.444. The number of hydrogen-bond donors (Lipinski definition) is 0. The van der Waals surface area contributed by atoms with Gasteiger partial charge in [-0.25, -0.2) is 0 Å². The first kappa shape index (κ1) is 18.9. The Labute approximate surface area is 158 Å². The Morgan fingerprint density at radius 1 is 1.31 bits per heavy atom. The lowest BCUT2D eigenvalue weighted by molar-refractivity contribution is -0.129. The van der Waals surface area contributed by atoms with E-state index in [1.807, 2.05) is 0 Å². The number of ketones is 2. The monoisotopic (exact) mass is 398 g/mol. The van der Waals surface area contributed by atoms with Gasteiger partial charge in [-0.05, 0) is 12.5 Å². The molecule has 26 heavy (non-hydrogen) atoms. The smallest absolute Gasteiger partial charge is 0.236 e. The minimum atomic E-state index is -1.72. The molecule has 2 aliphatic rings. The Morgan fingerprint density at radius 3 is 2.50 bits per heavy atom. The first-order chi connectivity index (χ1) is 12.3. The normalized spacial score (nSPS) is 25.6. The van der Waals surface area contributed by atoms with Crippen LogP contribution in [0.1, 0.15) is 30.6 Å². The van der Waals surface area contributed by atoms with E-state index in [0.717, 1.165) is 0 Å². The highest BCUT2D eigenvalue weighted by atomic mass is 35.5. The van der Waals surface area contributed by atoms with Crippen LogP contribution < -0.4 is 14.2 Å². The summed E-state index contributed by atoms with van der Waals surface area (Å²) in [5.41, 5.74) is -1.58. The second-order valence-electron chi connectivity index (χ2n) is 6.18. The molecule has 0 fully saturated rings. The molecule has 1 heterocycles. The van der Waals surface area contributed by atoms with E-state index in [1.165, 1.54) is 26.4 Å². The second-order valence-corrected chi connectivity index (χ2v) is 8.35. The molecule has 0 saturated carbocycles. The fourth-order valence-corrected chi connectivity index (χ4v) is 4.74. The van der Waals surface area contributed by atoms with Gasteiger partial charge in [0.25, 0.3) is 0 Å². The molecule has 0 radical (unpaired) electrons. The molecule has 0 N–H and O–H groups in total. The average molecular weight is 399 g/mol. The zero-order valence-electron chi connectivity index (χ0n) is 14.9. The summed E-state index contributed by atoms with van der Waals surface area (Å²) in [5, 5.41) is 0.112. The number of carbonyl (C=O) groups excluding carboxylic acids is 2. The minimum Gasteiger partial charge on any atom is -0.496 e. The highest BCUT2D eigenvalue weighted by Crippen LogP contribution is 2.53. The van der Waals surface area contributed by atoms with Crippen molar-refractivity contribution in [3.8, 4) is 17.2 Å². The highest BCUT2D eigenvalue weighted by Gasteiger charge is 2.60. The van der Waals surface area contributed by atoms with Gasteiger partial charge in [0, 0.05) is 33.4 Å². The molecule has 1 aromatic carbocycles. The number of Topliss-reactive ketones (excluding diaryl/α,β-unsaturated/α-hetero) is 1. The van der Waals surface area contributed by atoms with Gasteiger partial charge in [-0.2, -0.15) is 0 Å². The van der Waals surface area contributed by atoms with Crippen LogP contribution in [0.15, 0.2) is 17.0 Å². The molecule has 140 valence electrons. The number of rotatable bonds is 4. The SMILES string of the molecule is CCS(=O)C1=CC(=O)[C@@]2(Oc3c(Cl)c(OC)cc(OC)c3C2=O)[C@H](C)C1. The molecule has 1 unspecified atom stereocenters. The van der Waals surface area contributed by atoms with Gasteiger partial charge >= 0.3 is 0 Å². The summed E-state index contributed by atoms with van der Waals surface area (Å²) in [6, 6.07) is 1.49. The van der Waals surface area contributed by atoms with Crippen molar-refractivity contribution in [3.05, 3.63) is 27.6 Å². The largest absolute Gasteiger partial charge is 0.496 e. The number of hydrogen-bond acceptors (Lipinski definition) is 6. The van der Waals surface area contributed by atoms with Crippen LogP contribution in [0.3, 0.4) is 0 Å². The third kappa shape index (κ3) is 2.48. The molecule has 3 rings (SSSR count). The van der Waals surface area contributed by atoms with E-state index in [9.17, 15) is 13.8 Å². The lowest BCUT2D eigenvalue weighted by Crippen LogP contribution is -2.55. The van der Waals surface area contributed by atoms with Crippen molar-refractivity contribution in [2.45, 2.75) is 25.9 Å². The zero-order valence-corrected chi connectivity index (χ0v) is 16.5. The van der Waals surface area contributed by atoms with Crippen molar-refractivity contribution in [2.24, 2.45) is 5.92 Å². The van der Waals surface area contributed by atoms with Gasteiger partial charge < -0.3 is 14.2 Å². The summed E-state index contributed by atoms with van der Waals surface area (Å²) in [6.07, 6.45) is 1.60. The molecule has 1 aliphatic heterocycles. The van der Waals surface area contributed by atoms with Crippen molar-refractivity contribution in [1.29, 1.82) is 0 Å². The molecule has 8 heteroatoms.